The summed E-state index contributed by atoms with van der Waals surface area (Å²) in [6, 6.07) is 0. The Kier molecular flexibility index (Phi) is 16.1. The summed E-state index contributed by atoms with van der Waals surface area (Å²) in [5.74, 6) is -1.04. The number of hydrogen-bond acceptors (Lipinski definition) is 9. The highest BCUT2D eigenvalue weighted by atomic mass is 31.2. The third-order valence-corrected chi connectivity index (χ3v) is 4.77. The van der Waals surface area contributed by atoms with Gasteiger partial charge in [-0.1, -0.05) is 46.0 Å². The van der Waals surface area contributed by atoms with E-state index in [-0.39, 0.29) is 19.4 Å². The standard InChI is InChI=1S/C18H35O10P/c1-3-5-6-7-8-9-10-18(22)28-16(13-25-17(21)4-2)14-27-29(23,24)26-12-15(20)11-19/h15-16,19-20H,3-14H2,1-2H3,(H,23,24)/t15-,16+/m0/s1. The molecule has 0 rings (SSSR count). The Morgan fingerprint density at radius 1 is 0.931 bits per heavy atom. The third kappa shape index (κ3) is 16.5. The number of rotatable bonds is 18. The largest absolute Gasteiger partial charge is 0.472 e. The number of carbonyl (C=O) groups excluding carboxylic acids is 2. The van der Waals surface area contributed by atoms with Crippen molar-refractivity contribution in [2.75, 3.05) is 26.4 Å². The van der Waals surface area contributed by atoms with E-state index in [2.05, 4.69) is 11.4 Å². The average Bonchev–Trinajstić information content (AvgIpc) is 2.70. The summed E-state index contributed by atoms with van der Waals surface area (Å²) in [5.41, 5.74) is 0. The molecule has 11 heteroatoms. The van der Waals surface area contributed by atoms with Gasteiger partial charge in [0.25, 0.3) is 0 Å². The van der Waals surface area contributed by atoms with Gasteiger partial charge in [-0.05, 0) is 6.42 Å². The molecular weight excluding hydrogens is 407 g/mol. The minimum absolute atomic E-state index is 0.125. The van der Waals surface area contributed by atoms with Crippen LogP contribution in [0.15, 0.2) is 0 Å². The second-order valence-corrected chi connectivity index (χ2v) is 8.02. The van der Waals surface area contributed by atoms with Crippen LogP contribution in [-0.4, -0.2) is 65.7 Å². The molecule has 10 nitrogen and oxygen atoms in total. The van der Waals surface area contributed by atoms with Crippen molar-refractivity contribution in [1.82, 2.24) is 0 Å². The quantitative estimate of drug-likeness (QED) is 0.164. The summed E-state index contributed by atoms with van der Waals surface area (Å²) in [7, 11) is -4.55. The molecule has 0 aromatic carbocycles. The van der Waals surface area contributed by atoms with Crippen molar-refractivity contribution >= 4 is 19.8 Å². The Labute approximate surface area is 172 Å². The normalized spacial score (nSPS) is 15.3. The molecule has 29 heavy (non-hydrogen) atoms. The molecule has 3 atom stereocenters. The number of ether oxygens (including phenoxy) is 2. The van der Waals surface area contributed by atoms with Gasteiger partial charge < -0.3 is 24.6 Å². The highest BCUT2D eigenvalue weighted by Crippen LogP contribution is 2.43. The molecule has 0 bridgehead atoms. The molecule has 0 aromatic rings. The van der Waals surface area contributed by atoms with Crippen LogP contribution in [0.4, 0.5) is 0 Å². The fourth-order valence-corrected chi connectivity index (χ4v) is 2.94. The zero-order chi connectivity index (χ0) is 22.1. The number of unbranched alkanes of at least 4 members (excludes halogenated alkanes) is 5. The van der Waals surface area contributed by atoms with E-state index in [0.717, 1.165) is 32.1 Å². The second kappa shape index (κ2) is 16.7. The number of carbonyl (C=O) groups is 2. The lowest BCUT2D eigenvalue weighted by molar-refractivity contribution is -0.161. The minimum atomic E-state index is -4.55. The lowest BCUT2D eigenvalue weighted by Gasteiger charge is -2.20. The molecule has 0 saturated heterocycles. The number of phosphoric ester groups is 1. The van der Waals surface area contributed by atoms with E-state index in [1.807, 2.05) is 0 Å². The zero-order valence-corrected chi connectivity index (χ0v) is 18.2. The Balaban J connectivity index is 4.47. The fraction of sp³-hybridized carbons (Fsp3) is 0.889. The Hall–Kier alpha value is -1.03. The molecule has 0 fully saturated rings. The maximum Gasteiger partial charge on any atom is 0.472 e. The molecule has 0 aliphatic heterocycles. The lowest BCUT2D eigenvalue weighted by Crippen LogP contribution is -2.29. The summed E-state index contributed by atoms with van der Waals surface area (Å²) in [6.45, 7) is 1.59. The molecule has 0 aromatic heterocycles. The molecule has 0 aliphatic rings. The molecule has 0 spiro atoms. The number of esters is 2. The number of hydrogen-bond donors (Lipinski definition) is 3. The van der Waals surface area contributed by atoms with E-state index >= 15 is 0 Å². The third-order valence-electron chi connectivity index (χ3n) is 3.82. The van der Waals surface area contributed by atoms with Crippen molar-refractivity contribution in [3.05, 3.63) is 0 Å². The van der Waals surface area contributed by atoms with Crippen LogP contribution in [0.1, 0.15) is 65.2 Å². The van der Waals surface area contributed by atoms with Gasteiger partial charge in [-0.3, -0.25) is 18.6 Å². The lowest BCUT2D eigenvalue weighted by atomic mass is 10.1. The highest BCUT2D eigenvalue weighted by molar-refractivity contribution is 7.47. The molecule has 0 amide bonds. The molecule has 1 unspecified atom stereocenters. The van der Waals surface area contributed by atoms with E-state index in [1.165, 1.54) is 0 Å². The monoisotopic (exact) mass is 442 g/mol. The minimum Gasteiger partial charge on any atom is -0.462 e. The smallest absolute Gasteiger partial charge is 0.462 e. The molecule has 0 saturated carbocycles. The highest BCUT2D eigenvalue weighted by Gasteiger charge is 2.26. The fourth-order valence-electron chi connectivity index (χ4n) is 2.15. The second-order valence-electron chi connectivity index (χ2n) is 6.56. The first-order chi connectivity index (χ1) is 13.7. The van der Waals surface area contributed by atoms with Gasteiger partial charge in [0.05, 0.1) is 19.8 Å². The Morgan fingerprint density at radius 2 is 1.55 bits per heavy atom. The predicted octanol–water partition coefficient (Wildman–Crippen LogP) is 2.09. The summed E-state index contributed by atoms with van der Waals surface area (Å²) < 4.78 is 31.2. The Bertz CT molecular complexity index is 499. The van der Waals surface area contributed by atoms with Crippen LogP contribution in [0.2, 0.25) is 0 Å². The summed E-state index contributed by atoms with van der Waals surface area (Å²) >= 11 is 0. The van der Waals surface area contributed by atoms with Crippen molar-refractivity contribution in [2.24, 2.45) is 0 Å². The predicted molar refractivity (Wildman–Crippen MR) is 104 cm³/mol. The van der Waals surface area contributed by atoms with E-state index in [0.29, 0.717) is 6.42 Å². The van der Waals surface area contributed by atoms with E-state index in [1.54, 1.807) is 6.92 Å². The zero-order valence-electron chi connectivity index (χ0n) is 17.3. The summed E-state index contributed by atoms with van der Waals surface area (Å²) in [5, 5.41) is 17.8. The van der Waals surface area contributed by atoms with Gasteiger partial charge in [0, 0.05) is 12.8 Å². The van der Waals surface area contributed by atoms with Crippen molar-refractivity contribution < 1.29 is 47.8 Å². The molecule has 3 N–H and O–H groups in total. The van der Waals surface area contributed by atoms with Crippen LogP contribution in [0.25, 0.3) is 0 Å². The van der Waals surface area contributed by atoms with Crippen LogP contribution in [0.5, 0.6) is 0 Å². The molecule has 0 heterocycles. The van der Waals surface area contributed by atoms with Crippen LogP contribution >= 0.6 is 7.82 Å². The molecular formula is C18H35O10P. The first kappa shape index (κ1) is 28.0. The summed E-state index contributed by atoms with van der Waals surface area (Å²) in [6.07, 6.45) is 3.89. The van der Waals surface area contributed by atoms with Crippen molar-refractivity contribution in [3.8, 4) is 0 Å². The van der Waals surface area contributed by atoms with Crippen LogP contribution in [0.3, 0.4) is 0 Å². The maximum atomic E-state index is 12.0. The van der Waals surface area contributed by atoms with Gasteiger partial charge in [-0.25, -0.2) is 4.57 Å². The SMILES string of the molecule is CCCCCCCCC(=O)O[C@H](COC(=O)CC)COP(=O)(O)OC[C@@H](O)CO. The first-order valence-electron chi connectivity index (χ1n) is 9.99. The molecule has 172 valence electrons. The molecule has 0 aliphatic carbocycles. The van der Waals surface area contributed by atoms with E-state index in [4.69, 9.17) is 24.2 Å². The number of aliphatic hydroxyl groups excluding tert-OH is 2. The van der Waals surface area contributed by atoms with Crippen molar-refractivity contribution in [3.63, 3.8) is 0 Å². The summed E-state index contributed by atoms with van der Waals surface area (Å²) in [4.78, 5) is 32.9. The maximum absolute atomic E-state index is 12.0. The van der Waals surface area contributed by atoms with E-state index < -0.39 is 51.8 Å². The van der Waals surface area contributed by atoms with Gasteiger partial charge in [0.1, 0.15) is 12.7 Å². The van der Waals surface area contributed by atoms with Gasteiger partial charge in [-0.2, -0.15) is 0 Å². The van der Waals surface area contributed by atoms with Gasteiger partial charge >= 0.3 is 19.8 Å². The van der Waals surface area contributed by atoms with Crippen LogP contribution < -0.4 is 0 Å². The van der Waals surface area contributed by atoms with Gasteiger partial charge in [0.2, 0.25) is 0 Å². The van der Waals surface area contributed by atoms with E-state index in [9.17, 15) is 19.0 Å². The van der Waals surface area contributed by atoms with Crippen LogP contribution in [-0.2, 0) is 32.7 Å². The first-order valence-corrected chi connectivity index (χ1v) is 11.5. The van der Waals surface area contributed by atoms with Crippen LogP contribution in [0, 0.1) is 0 Å². The Morgan fingerprint density at radius 3 is 2.17 bits per heavy atom. The van der Waals surface area contributed by atoms with Crippen molar-refractivity contribution in [1.29, 1.82) is 0 Å². The van der Waals surface area contributed by atoms with Gasteiger partial charge in [0.15, 0.2) is 6.10 Å². The average molecular weight is 442 g/mol. The van der Waals surface area contributed by atoms with Gasteiger partial charge in [-0.15, -0.1) is 0 Å². The topological polar surface area (TPSA) is 149 Å². The number of aliphatic hydroxyl groups is 2. The number of phosphoric acid groups is 1. The molecule has 0 radical (unpaired) electrons. The van der Waals surface area contributed by atoms with Crippen molar-refractivity contribution in [2.45, 2.75) is 77.4 Å².